The molecule has 0 bridgehead atoms. The highest BCUT2D eigenvalue weighted by Gasteiger charge is 2.27. The van der Waals surface area contributed by atoms with Gasteiger partial charge in [0.05, 0.1) is 39.9 Å². The first-order chi connectivity index (χ1) is 35.5. The zero-order valence-electron chi connectivity index (χ0n) is 48.6. The number of nitrogens with one attached hydrogen (secondary N) is 1. The lowest BCUT2D eigenvalue weighted by Gasteiger charge is -2.25. The highest BCUT2D eigenvalue weighted by molar-refractivity contribution is 7.47. The topological polar surface area (TPSA) is 105 Å². The van der Waals surface area contributed by atoms with Gasteiger partial charge < -0.3 is 19.8 Å². The van der Waals surface area contributed by atoms with Crippen molar-refractivity contribution in [2.24, 2.45) is 0 Å². The number of carbonyl (C=O) groups excluding carboxylic acids is 1. The van der Waals surface area contributed by atoms with Crippen LogP contribution in [0.1, 0.15) is 277 Å². The van der Waals surface area contributed by atoms with E-state index in [0.29, 0.717) is 17.4 Å². The predicted molar refractivity (Wildman–Crippen MR) is 318 cm³/mol. The fraction of sp³-hybridized carbons (Fsp3) is 0.797. The zero-order chi connectivity index (χ0) is 53.5. The lowest BCUT2D eigenvalue weighted by Crippen LogP contribution is -2.45. The summed E-state index contributed by atoms with van der Waals surface area (Å²) in [5, 5.41) is 13.9. The van der Waals surface area contributed by atoms with E-state index in [1.165, 1.54) is 199 Å². The molecule has 0 heterocycles. The number of quaternary nitrogens is 1. The van der Waals surface area contributed by atoms with Crippen LogP contribution in [-0.4, -0.2) is 73.4 Å². The van der Waals surface area contributed by atoms with E-state index in [1.807, 2.05) is 27.2 Å². The van der Waals surface area contributed by atoms with Gasteiger partial charge in [0, 0.05) is 6.42 Å². The molecule has 9 heteroatoms. The molecular weight excluding hydrogens is 924 g/mol. The van der Waals surface area contributed by atoms with Crippen molar-refractivity contribution >= 4 is 13.7 Å². The van der Waals surface area contributed by atoms with Gasteiger partial charge in [-0.2, -0.15) is 0 Å². The molecule has 0 aromatic heterocycles. The molecule has 8 nitrogen and oxygen atoms in total. The Morgan fingerprint density at radius 2 is 0.795 bits per heavy atom. The van der Waals surface area contributed by atoms with Crippen molar-refractivity contribution in [2.45, 2.75) is 289 Å². The molecule has 0 spiro atoms. The monoisotopic (exact) mass is 1040 g/mol. The number of likely N-dealkylation sites (N-methyl/N-ethyl adjacent to an activating group) is 1. The highest BCUT2D eigenvalue weighted by Crippen LogP contribution is 2.43. The SMILES string of the molecule is CCCCCCC/C=C\C/C=C\C/C=C\CCCCCCCCCCCCCCCCCCCCC(=O)NC(COP(=O)(O)OCC[N+](C)(C)C)C(O)/C=C/CC/C=C/CC/C=C/CCCCCCCCCC. The average molecular weight is 1040 g/mol. The van der Waals surface area contributed by atoms with E-state index in [0.717, 1.165) is 57.8 Å². The summed E-state index contributed by atoms with van der Waals surface area (Å²) in [6, 6.07) is -0.872. The summed E-state index contributed by atoms with van der Waals surface area (Å²) in [6.45, 7) is 4.79. The number of amides is 1. The van der Waals surface area contributed by atoms with Crippen LogP contribution < -0.4 is 5.32 Å². The van der Waals surface area contributed by atoms with Crippen molar-refractivity contribution in [3.05, 3.63) is 72.9 Å². The summed E-state index contributed by atoms with van der Waals surface area (Å²) >= 11 is 0. The number of hydrogen-bond acceptors (Lipinski definition) is 5. The third-order valence-electron chi connectivity index (χ3n) is 13.6. The summed E-state index contributed by atoms with van der Waals surface area (Å²) in [4.78, 5) is 23.3. The molecule has 0 fully saturated rings. The molecule has 73 heavy (non-hydrogen) atoms. The van der Waals surface area contributed by atoms with Crippen LogP contribution in [-0.2, 0) is 18.4 Å². The molecule has 0 radical (unpaired) electrons. The first kappa shape index (κ1) is 70.9. The Kier molecular flexibility index (Phi) is 53.2. The number of hydrogen-bond donors (Lipinski definition) is 3. The average Bonchev–Trinajstić information content (AvgIpc) is 3.35. The molecule has 426 valence electrons. The van der Waals surface area contributed by atoms with Crippen molar-refractivity contribution in [3.63, 3.8) is 0 Å². The minimum absolute atomic E-state index is 0.0523. The van der Waals surface area contributed by atoms with Crippen molar-refractivity contribution < 1.29 is 32.9 Å². The molecule has 0 rings (SSSR count). The van der Waals surface area contributed by atoms with E-state index in [4.69, 9.17) is 9.05 Å². The van der Waals surface area contributed by atoms with Crippen molar-refractivity contribution in [1.29, 1.82) is 0 Å². The second-order valence-electron chi connectivity index (χ2n) is 22.1. The van der Waals surface area contributed by atoms with Gasteiger partial charge in [-0.1, -0.05) is 260 Å². The number of nitrogens with zero attached hydrogens (tertiary/aromatic N) is 1. The van der Waals surface area contributed by atoms with Crippen molar-refractivity contribution in [3.8, 4) is 0 Å². The Morgan fingerprint density at radius 3 is 1.19 bits per heavy atom. The van der Waals surface area contributed by atoms with E-state index in [9.17, 15) is 19.4 Å². The summed E-state index contributed by atoms with van der Waals surface area (Å²) in [6.07, 6.45) is 75.9. The molecule has 0 aromatic rings. The predicted octanol–water partition coefficient (Wildman–Crippen LogP) is 19.0. The van der Waals surface area contributed by atoms with Crippen LogP contribution in [0.25, 0.3) is 0 Å². The molecule has 3 unspecified atom stereocenters. The number of aliphatic hydroxyl groups is 1. The minimum atomic E-state index is -4.36. The van der Waals surface area contributed by atoms with Crippen molar-refractivity contribution in [2.75, 3.05) is 40.9 Å². The second kappa shape index (κ2) is 54.7. The number of rotatable bonds is 56. The number of phosphoric acid groups is 1. The smallest absolute Gasteiger partial charge is 0.387 e. The summed E-state index contributed by atoms with van der Waals surface area (Å²) in [5.41, 5.74) is 0. The summed E-state index contributed by atoms with van der Waals surface area (Å²) < 4.78 is 23.7. The van der Waals surface area contributed by atoms with Crippen LogP contribution in [0.5, 0.6) is 0 Å². The molecule has 0 aromatic carbocycles. The van der Waals surface area contributed by atoms with Gasteiger partial charge >= 0.3 is 7.82 Å². The Labute approximate surface area is 453 Å². The lowest BCUT2D eigenvalue weighted by molar-refractivity contribution is -0.870. The first-order valence-electron chi connectivity index (χ1n) is 30.8. The molecule has 3 atom stereocenters. The van der Waals surface area contributed by atoms with Crippen LogP contribution in [0.3, 0.4) is 0 Å². The maximum Gasteiger partial charge on any atom is 0.472 e. The zero-order valence-corrected chi connectivity index (χ0v) is 49.5. The molecule has 0 saturated carbocycles. The van der Waals surface area contributed by atoms with Gasteiger partial charge in [-0.15, -0.1) is 0 Å². The molecule has 1 amide bonds. The molecule has 3 N–H and O–H groups in total. The first-order valence-corrected chi connectivity index (χ1v) is 32.3. The van der Waals surface area contributed by atoms with Crippen LogP contribution >= 0.6 is 7.82 Å². The largest absolute Gasteiger partial charge is 0.472 e. The fourth-order valence-corrected chi connectivity index (χ4v) is 9.52. The summed E-state index contributed by atoms with van der Waals surface area (Å²) in [7, 11) is 1.55. The van der Waals surface area contributed by atoms with Crippen LogP contribution in [0, 0.1) is 0 Å². The molecular formula is C64H120N2O6P+. The van der Waals surface area contributed by atoms with E-state index in [1.54, 1.807) is 6.08 Å². The van der Waals surface area contributed by atoms with Crippen molar-refractivity contribution in [1.82, 2.24) is 5.32 Å². The van der Waals surface area contributed by atoms with Gasteiger partial charge in [0.2, 0.25) is 5.91 Å². The maximum absolute atomic E-state index is 13.0. The lowest BCUT2D eigenvalue weighted by atomic mass is 10.0. The second-order valence-corrected chi connectivity index (χ2v) is 23.5. The molecule has 0 aliphatic rings. The van der Waals surface area contributed by atoms with Crippen LogP contribution in [0.15, 0.2) is 72.9 Å². The number of carbonyl (C=O) groups is 1. The van der Waals surface area contributed by atoms with Crippen LogP contribution in [0.4, 0.5) is 0 Å². The van der Waals surface area contributed by atoms with Crippen LogP contribution in [0.2, 0.25) is 0 Å². The minimum Gasteiger partial charge on any atom is -0.387 e. The third-order valence-corrected chi connectivity index (χ3v) is 14.6. The standard InChI is InChI=1S/C64H119N2O6P/c1-6-8-10-12-14-16-18-20-22-24-26-27-28-29-30-31-32-33-34-35-36-37-38-39-40-42-44-46-48-50-52-54-56-58-64(68)65-62(61-72-73(69,70)71-60-59-66(3,4)5)63(67)57-55-53-51-49-47-45-43-41-25-23-21-19-17-15-13-11-9-7-2/h18,20,24-26,28-29,41,47,49,55,57,62-63,67H,6-17,19,21-23,27,30-40,42-46,48,50-54,56,58-61H2,1-5H3,(H-,65,68,69,70)/p+1/b20-18-,26-24-,29-28-,41-25+,49-47+,57-55+. The van der Waals surface area contributed by atoms with Gasteiger partial charge in [-0.3, -0.25) is 13.8 Å². The number of aliphatic hydroxyl groups excluding tert-OH is 1. The molecule has 0 saturated heterocycles. The quantitative estimate of drug-likeness (QED) is 0.0243. The third kappa shape index (κ3) is 57.5. The fourth-order valence-electron chi connectivity index (χ4n) is 8.79. The van der Waals surface area contributed by atoms with E-state index in [-0.39, 0.29) is 19.1 Å². The number of allylic oxidation sites excluding steroid dienone is 11. The van der Waals surface area contributed by atoms with Gasteiger partial charge in [-0.05, 0) is 83.5 Å². The van der Waals surface area contributed by atoms with E-state index >= 15 is 0 Å². The Morgan fingerprint density at radius 1 is 0.466 bits per heavy atom. The highest BCUT2D eigenvalue weighted by atomic mass is 31.2. The Balaban J connectivity index is 4.12. The number of unbranched alkanes of at least 4 members (excludes halogenated alkanes) is 33. The summed E-state index contributed by atoms with van der Waals surface area (Å²) in [5.74, 6) is -0.190. The van der Waals surface area contributed by atoms with Gasteiger partial charge in [0.15, 0.2) is 0 Å². The Hall–Kier alpha value is -2.06. The number of phosphoric ester groups is 1. The Bertz CT molecular complexity index is 1420. The van der Waals surface area contributed by atoms with E-state index in [2.05, 4.69) is 79.9 Å². The van der Waals surface area contributed by atoms with Gasteiger partial charge in [0.25, 0.3) is 0 Å². The molecule has 0 aliphatic carbocycles. The maximum atomic E-state index is 13.0. The van der Waals surface area contributed by atoms with E-state index < -0.39 is 20.0 Å². The van der Waals surface area contributed by atoms with Gasteiger partial charge in [0.1, 0.15) is 13.2 Å². The normalized spacial score (nSPS) is 14.3. The van der Waals surface area contributed by atoms with Gasteiger partial charge in [-0.25, -0.2) is 4.57 Å². The molecule has 0 aliphatic heterocycles.